The van der Waals surface area contributed by atoms with Crippen LogP contribution in [0, 0.1) is 12.8 Å². The number of likely N-dealkylation sites (tertiary alicyclic amines) is 1. The van der Waals surface area contributed by atoms with Crippen molar-refractivity contribution >= 4 is 17.0 Å². The van der Waals surface area contributed by atoms with Gasteiger partial charge < -0.3 is 13.8 Å². The molecule has 0 atom stereocenters. The van der Waals surface area contributed by atoms with Crippen LogP contribution in [0.2, 0.25) is 0 Å². The Kier molecular flexibility index (Phi) is 5.41. The highest BCUT2D eigenvalue weighted by Crippen LogP contribution is 2.24. The highest BCUT2D eigenvalue weighted by Gasteiger charge is 2.25. The molecular formula is C21H26N4O3. The molecule has 7 nitrogen and oxygen atoms in total. The van der Waals surface area contributed by atoms with E-state index in [9.17, 15) is 4.79 Å². The van der Waals surface area contributed by atoms with Crippen LogP contribution in [-0.4, -0.2) is 39.0 Å². The molecule has 0 bridgehead atoms. The van der Waals surface area contributed by atoms with Crippen molar-refractivity contribution in [1.29, 1.82) is 0 Å². The molecule has 1 fully saturated rings. The largest absolute Gasteiger partial charge is 0.441 e. The van der Waals surface area contributed by atoms with Crippen molar-refractivity contribution in [3.8, 4) is 0 Å². The van der Waals surface area contributed by atoms with Crippen molar-refractivity contribution in [2.24, 2.45) is 5.92 Å². The number of carbonyl (C=O) groups excluding carboxylic acids is 1. The zero-order valence-corrected chi connectivity index (χ0v) is 16.5. The summed E-state index contributed by atoms with van der Waals surface area (Å²) in [6.07, 6.45) is 5.70. The molecule has 3 heterocycles. The predicted molar refractivity (Wildman–Crippen MR) is 104 cm³/mol. The third-order valence-electron chi connectivity index (χ3n) is 5.37. The van der Waals surface area contributed by atoms with Crippen LogP contribution in [0.3, 0.4) is 0 Å². The number of unbranched alkanes of at least 4 members (excludes halogenated alkanes) is 1. The van der Waals surface area contributed by atoms with Gasteiger partial charge in [0.15, 0.2) is 17.3 Å². The van der Waals surface area contributed by atoms with Crippen molar-refractivity contribution in [2.45, 2.75) is 52.4 Å². The van der Waals surface area contributed by atoms with E-state index < -0.39 is 0 Å². The molecule has 2 aromatic heterocycles. The average molecular weight is 382 g/mol. The van der Waals surface area contributed by atoms with Crippen molar-refractivity contribution in [1.82, 2.24) is 20.0 Å². The van der Waals surface area contributed by atoms with Crippen LogP contribution in [0.15, 0.2) is 27.1 Å². The Morgan fingerprint density at radius 1 is 1.25 bits per heavy atom. The van der Waals surface area contributed by atoms with Crippen molar-refractivity contribution in [3.05, 3.63) is 41.4 Å². The normalized spacial score (nSPS) is 15.4. The fourth-order valence-electron chi connectivity index (χ4n) is 3.75. The number of hydrogen-bond acceptors (Lipinski definition) is 6. The van der Waals surface area contributed by atoms with Crippen LogP contribution in [0.4, 0.5) is 0 Å². The van der Waals surface area contributed by atoms with Crippen molar-refractivity contribution < 1.29 is 13.7 Å². The number of aryl methyl sites for hydroxylation is 2. The van der Waals surface area contributed by atoms with Crippen LogP contribution in [0.1, 0.15) is 60.6 Å². The van der Waals surface area contributed by atoms with Gasteiger partial charge in [0, 0.05) is 38.4 Å². The number of benzene rings is 1. The van der Waals surface area contributed by atoms with E-state index >= 15 is 0 Å². The van der Waals surface area contributed by atoms with Gasteiger partial charge in [-0.15, -0.1) is 0 Å². The molecule has 0 N–H and O–H groups in total. The molecule has 1 amide bonds. The topological polar surface area (TPSA) is 85.3 Å². The molecule has 1 aliphatic rings. The fraction of sp³-hybridized carbons (Fsp3) is 0.524. The van der Waals surface area contributed by atoms with E-state index in [1.807, 2.05) is 23.1 Å². The van der Waals surface area contributed by atoms with Crippen molar-refractivity contribution in [3.63, 3.8) is 0 Å². The molecule has 4 rings (SSSR count). The Balaban J connectivity index is 1.37. The number of fused-ring (bicyclic) bond motifs is 1. The molecule has 7 heteroatoms. The van der Waals surface area contributed by atoms with Gasteiger partial charge in [-0.05, 0) is 43.4 Å². The summed E-state index contributed by atoms with van der Waals surface area (Å²) in [5, 5.41) is 3.98. The average Bonchev–Trinajstić information content (AvgIpc) is 3.31. The molecule has 0 unspecified atom stereocenters. The summed E-state index contributed by atoms with van der Waals surface area (Å²) in [7, 11) is 0. The molecular weight excluding hydrogens is 356 g/mol. The second-order valence-electron chi connectivity index (χ2n) is 7.56. The first-order valence-electron chi connectivity index (χ1n) is 10.1. The number of rotatable bonds is 6. The van der Waals surface area contributed by atoms with Gasteiger partial charge in [0.25, 0.3) is 5.91 Å². The molecule has 28 heavy (non-hydrogen) atoms. The summed E-state index contributed by atoms with van der Waals surface area (Å²) >= 11 is 0. The lowest BCUT2D eigenvalue weighted by Gasteiger charge is -2.31. The standard InChI is InChI=1S/C21H26N4O3/c1-3-4-5-20-23-17-13-16(6-7-18(17)27-20)21(26)25-10-8-15(9-11-25)12-19-22-14(2)28-24-19/h6-7,13,15H,3-5,8-12H2,1-2H3. The summed E-state index contributed by atoms with van der Waals surface area (Å²) in [6, 6.07) is 5.55. The summed E-state index contributed by atoms with van der Waals surface area (Å²) in [5.41, 5.74) is 2.19. The lowest BCUT2D eigenvalue weighted by molar-refractivity contribution is 0.0689. The van der Waals surface area contributed by atoms with Gasteiger partial charge >= 0.3 is 0 Å². The summed E-state index contributed by atoms with van der Waals surface area (Å²) < 4.78 is 10.8. The van der Waals surface area contributed by atoms with Gasteiger partial charge in [-0.3, -0.25) is 4.79 Å². The van der Waals surface area contributed by atoms with E-state index in [0.717, 1.165) is 74.4 Å². The Bertz CT molecular complexity index is 954. The lowest BCUT2D eigenvalue weighted by atomic mass is 9.93. The minimum Gasteiger partial charge on any atom is -0.441 e. The monoisotopic (exact) mass is 382 g/mol. The first-order valence-corrected chi connectivity index (χ1v) is 10.1. The highest BCUT2D eigenvalue weighted by molar-refractivity contribution is 5.97. The quantitative estimate of drug-likeness (QED) is 0.641. The molecule has 1 aromatic carbocycles. The van der Waals surface area contributed by atoms with E-state index in [4.69, 9.17) is 8.94 Å². The summed E-state index contributed by atoms with van der Waals surface area (Å²) in [4.78, 5) is 23.7. The Hall–Kier alpha value is -2.70. The number of oxazole rings is 1. The molecule has 3 aromatic rings. The fourth-order valence-corrected chi connectivity index (χ4v) is 3.75. The smallest absolute Gasteiger partial charge is 0.253 e. The number of hydrogen-bond donors (Lipinski definition) is 0. The van der Waals surface area contributed by atoms with Crippen LogP contribution in [-0.2, 0) is 12.8 Å². The molecule has 0 saturated carbocycles. The Morgan fingerprint density at radius 3 is 2.79 bits per heavy atom. The third kappa shape index (κ3) is 4.08. The van der Waals surface area contributed by atoms with E-state index in [1.54, 1.807) is 6.92 Å². The number of aromatic nitrogens is 3. The van der Waals surface area contributed by atoms with Crippen molar-refractivity contribution in [2.75, 3.05) is 13.1 Å². The molecule has 148 valence electrons. The zero-order valence-electron chi connectivity index (χ0n) is 16.5. The van der Waals surface area contributed by atoms with Gasteiger partial charge in [-0.1, -0.05) is 18.5 Å². The molecule has 1 aliphatic heterocycles. The summed E-state index contributed by atoms with van der Waals surface area (Å²) in [6.45, 7) is 5.44. The van der Waals surface area contributed by atoms with Crippen LogP contribution >= 0.6 is 0 Å². The van der Waals surface area contributed by atoms with E-state index in [1.165, 1.54) is 0 Å². The van der Waals surface area contributed by atoms with E-state index in [2.05, 4.69) is 22.0 Å². The minimum absolute atomic E-state index is 0.0638. The molecule has 1 saturated heterocycles. The molecule has 0 aliphatic carbocycles. The second-order valence-corrected chi connectivity index (χ2v) is 7.56. The maximum absolute atomic E-state index is 12.9. The van der Waals surface area contributed by atoms with Gasteiger partial charge in [0.1, 0.15) is 5.52 Å². The number of amides is 1. The number of carbonyl (C=O) groups is 1. The highest BCUT2D eigenvalue weighted by atomic mass is 16.5. The molecule has 0 radical (unpaired) electrons. The summed E-state index contributed by atoms with van der Waals surface area (Å²) in [5.74, 6) is 2.66. The van der Waals surface area contributed by atoms with Crippen LogP contribution < -0.4 is 0 Å². The first kappa shape index (κ1) is 18.7. The third-order valence-corrected chi connectivity index (χ3v) is 5.37. The van der Waals surface area contributed by atoms with Gasteiger partial charge in [0.05, 0.1) is 0 Å². The number of piperidine rings is 1. The van der Waals surface area contributed by atoms with E-state index in [0.29, 0.717) is 17.4 Å². The Morgan fingerprint density at radius 2 is 2.07 bits per heavy atom. The maximum Gasteiger partial charge on any atom is 0.253 e. The second kappa shape index (κ2) is 8.12. The van der Waals surface area contributed by atoms with Gasteiger partial charge in [0.2, 0.25) is 5.89 Å². The SMILES string of the molecule is CCCCc1nc2cc(C(=O)N3CCC(Cc4noc(C)n4)CC3)ccc2o1. The van der Waals surface area contributed by atoms with E-state index in [-0.39, 0.29) is 5.91 Å². The first-order chi connectivity index (χ1) is 13.6. The molecule has 0 spiro atoms. The minimum atomic E-state index is 0.0638. The lowest BCUT2D eigenvalue weighted by Crippen LogP contribution is -2.39. The van der Waals surface area contributed by atoms with Gasteiger partial charge in [-0.25, -0.2) is 4.98 Å². The van der Waals surface area contributed by atoms with Crippen LogP contribution in [0.5, 0.6) is 0 Å². The zero-order chi connectivity index (χ0) is 19.5. The van der Waals surface area contributed by atoms with Crippen LogP contribution in [0.25, 0.3) is 11.1 Å². The van der Waals surface area contributed by atoms with Gasteiger partial charge in [-0.2, -0.15) is 4.98 Å². The Labute approximate surface area is 164 Å². The maximum atomic E-state index is 12.9. The number of nitrogens with zero attached hydrogens (tertiary/aromatic N) is 4. The predicted octanol–water partition coefficient (Wildman–Crippen LogP) is 3.96.